The zero-order chi connectivity index (χ0) is 50.0. The average Bonchev–Trinajstić information content (AvgIpc) is 3.90. The van der Waals surface area contributed by atoms with Crippen LogP contribution in [-0.4, -0.2) is 170 Å². The number of imide groups is 1. The minimum Gasteiger partial charge on any atom is -0.494 e. The monoisotopic (exact) mass is 1060 g/mol. The van der Waals surface area contributed by atoms with E-state index in [-0.39, 0.29) is 0 Å². The number of fused-ring (bicyclic) bond motifs is 2. The fourth-order valence-electron chi connectivity index (χ4n) is 11.0. The number of anilines is 6. The molecule has 3 aromatic carbocycles. The van der Waals surface area contributed by atoms with E-state index in [4.69, 9.17) is 9.72 Å². The van der Waals surface area contributed by atoms with Crippen LogP contribution in [0.3, 0.4) is 0 Å². The van der Waals surface area contributed by atoms with Gasteiger partial charge < -0.3 is 39.9 Å². The maximum atomic E-state index is 13.6. The van der Waals surface area contributed by atoms with Crippen molar-refractivity contribution in [3.63, 3.8) is 0 Å². The molecule has 5 aliphatic rings. The van der Waals surface area contributed by atoms with E-state index in [0.717, 1.165) is 92.6 Å². The summed E-state index contributed by atoms with van der Waals surface area (Å²) >= 11 is 3.61. The molecule has 3 unspecified atom stereocenters. The van der Waals surface area contributed by atoms with Crippen molar-refractivity contribution in [1.82, 2.24) is 49.7 Å². The number of carbonyl (C=O) groups is 2. The highest BCUT2D eigenvalue weighted by atomic mass is 79.9. The number of halogens is 1. The molecule has 11 rings (SSSR count). The Morgan fingerprint density at radius 3 is 2.28 bits per heavy atom. The third kappa shape index (κ3) is 9.20. The average molecular weight is 1060 g/mol. The topological polar surface area (TPSA) is 223 Å². The first-order valence-electron chi connectivity index (χ1n) is 24.4. The first-order chi connectivity index (χ1) is 34.7. The number of aliphatic hydroxyl groups is 2. The fourth-order valence-corrected chi connectivity index (χ4v) is 12.7. The summed E-state index contributed by atoms with van der Waals surface area (Å²) in [5.41, 5.74) is 7.23. The van der Waals surface area contributed by atoms with Gasteiger partial charge >= 0.3 is 0 Å². The number of nitrogens with zero attached hydrogens (tertiary/aromatic N) is 11. The van der Waals surface area contributed by atoms with Crippen LogP contribution in [0.5, 0.6) is 5.75 Å². The van der Waals surface area contributed by atoms with E-state index in [2.05, 4.69) is 83.7 Å². The van der Waals surface area contributed by atoms with E-state index < -0.39 is 37.5 Å². The summed E-state index contributed by atoms with van der Waals surface area (Å²) in [5, 5.41) is 35.0. The third-order valence-corrected chi connectivity index (χ3v) is 16.9. The molecule has 0 radical (unpaired) electrons. The summed E-state index contributed by atoms with van der Waals surface area (Å²) < 4.78 is 22.1. The van der Waals surface area contributed by atoms with Crippen LogP contribution in [0.25, 0.3) is 22.2 Å². The van der Waals surface area contributed by atoms with Gasteiger partial charge in [0.1, 0.15) is 36.7 Å². The van der Waals surface area contributed by atoms with Crippen molar-refractivity contribution in [2.75, 3.05) is 93.2 Å². The summed E-state index contributed by atoms with van der Waals surface area (Å²) in [7, 11) is 0.762. The van der Waals surface area contributed by atoms with Gasteiger partial charge in [0.05, 0.1) is 57.1 Å². The highest BCUT2D eigenvalue weighted by molar-refractivity contribution is 9.10. The Morgan fingerprint density at radius 1 is 0.792 bits per heavy atom. The Kier molecular flexibility index (Phi) is 13.0. The SMILES string of the molecule is COc1cc(N2CCN(C3CN(C4CCN(c5ccc6c(c5)C(=O)N(C5CCC(O)NC5O)C6=O)CC4)C3)CC2)c(-c2cnn(C)c2)cc1Nc1ncc(Br)c(Nc2ccc3nccnc3c2P(C)(C)=O)n1. The summed E-state index contributed by atoms with van der Waals surface area (Å²) in [6.45, 7) is 10.8. The summed E-state index contributed by atoms with van der Waals surface area (Å²) in [5.74, 6) is 0.651. The quantitative estimate of drug-likeness (QED) is 0.0822. The number of aryl methyl sites for hydroxylation is 1. The van der Waals surface area contributed by atoms with Crippen LogP contribution in [0, 0.1) is 0 Å². The predicted molar refractivity (Wildman–Crippen MR) is 280 cm³/mol. The second-order valence-corrected chi connectivity index (χ2v) is 23.7. The van der Waals surface area contributed by atoms with E-state index >= 15 is 0 Å². The Balaban J connectivity index is 0.724. The molecular weight excluding hydrogens is 1000 g/mol. The molecule has 20 nitrogen and oxygen atoms in total. The minimum absolute atomic E-state index is 0.331. The lowest BCUT2D eigenvalue weighted by molar-refractivity contribution is -0.0413. The van der Waals surface area contributed by atoms with Gasteiger partial charge in [-0.15, -0.1) is 0 Å². The van der Waals surface area contributed by atoms with E-state index in [0.29, 0.717) is 85.8 Å². The molecule has 5 aliphatic heterocycles. The van der Waals surface area contributed by atoms with Crippen molar-refractivity contribution in [1.29, 1.82) is 0 Å². The molecule has 0 bridgehead atoms. The Labute approximate surface area is 425 Å². The zero-order valence-corrected chi connectivity index (χ0v) is 43.1. The van der Waals surface area contributed by atoms with Crippen LogP contribution in [0.4, 0.5) is 34.5 Å². The molecule has 376 valence electrons. The van der Waals surface area contributed by atoms with Gasteiger partial charge in [0.2, 0.25) is 5.95 Å². The fraction of sp³-hybridized carbons (Fsp3) is 0.420. The maximum absolute atomic E-state index is 13.6. The van der Waals surface area contributed by atoms with Gasteiger partial charge in [-0.3, -0.25) is 44.3 Å². The second-order valence-electron chi connectivity index (χ2n) is 19.7. The number of piperidine rings is 2. The number of piperazine rings is 1. The number of aromatic nitrogens is 6. The number of aliphatic hydroxyl groups excluding tert-OH is 2. The number of hydrogen-bond donors (Lipinski definition) is 5. The van der Waals surface area contributed by atoms with Gasteiger partial charge in [-0.25, -0.2) is 4.98 Å². The van der Waals surface area contributed by atoms with Crippen molar-refractivity contribution in [3.05, 3.63) is 89.0 Å². The predicted octanol–water partition coefficient (Wildman–Crippen LogP) is 4.79. The van der Waals surface area contributed by atoms with Crippen molar-refractivity contribution in [3.8, 4) is 16.9 Å². The van der Waals surface area contributed by atoms with Gasteiger partial charge in [0.15, 0.2) is 0 Å². The van der Waals surface area contributed by atoms with Crippen molar-refractivity contribution in [2.45, 2.75) is 56.3 Å². The number of methoxy groups -OCH3 is 1. The Morgan fingerprint density at radius 2 is 1.56 bits per heavy atom. The van der Waals surface area contributed by atoms with E-state index in [9.17, 15) is 24.4 Å². The van der Waals surface area contributed by atoms with E-state index in [1.54, 1.807) is 49.8 Å². The number of amides is 2. The van der Waals surface area contributed by atoms with Gasteiger partial charge in [0.25, 0.3) is 11.8 Å². The summed E-state index contributed by atoms with van der Waals surface area (Å²) in [4.78, 5) is 56.4. The smallest absolute Gasteiger partial charge is 0.262 e. The standard InChI is InChI=1S/C50H58BrN14O6P/c1-60-26-29(24-55-60)34-22-39(57-50-54-25-36(51)46(59-50)56-38-8-7-37-44(53-14-13-52-37)45(38)72(3,4)70)42(71-2)23-41(34)63-19-17-62(18-20-63)32-27-64(28-32)30-11-15-61(16-12-30)31-5-6-33-35(21-31)49(69)65(48(33)68)40-9-10-43(66)58-47(40)67/h5-8,13-14,21-26,30,32,40,43,47,58,66-67H,9-12,15-20,27-28H2,1-4H3,(H2,54,56,57,59). The molecule has 4 saturated heterocycles. The van der Waals surface area contributed by atoms with Gasteiger partial charge in [0, 0.05) is 125 Å². The number of hydrogen-bond acceptors (Lipinski definition) is 18. The van der Waals surface area contributed by atoms with Crippen molar-refractivity contribution >= 4 is 85.7 Å². The second kappa shape index (κ2) is 19.4. The van der Waals surface area contributed by atoms with Crippen LogP contribution in [0.15, 0.2) is 77.9 Å². The number of rotatable bonds is 12. The molecule has 6 aromatic rings. The molecule has 5 N–H and O–H groups in total. The molecule has 0 spiro atoms. The minimum atomic E-state index is -2.81. The van der Waals surface area contributed by atoms with E-state index in [1.165, 1.54) is 0 Å². The van der Waals surface area contributed by atoms with E-state index in [1.807, 2.05) is 43.7 Å². The van der Waals surface area contributed by atoms with Gasteiger partial charge in [-0.2, -0.15) is 10.1 Å². The molecule has 72 heavy (non-hydrogen) atoms. The number of benzene rings is 3. The lowest BCUT2D eigenvalue weighted by Gasteiger charge is -2.52. The van der Waals surface area contributed by atoms with Crippen LogP contribution in [0.2, 0.25) is 0 Å². The highest BCUT2D eigenvalue weighted by Crippen LogP contribution is 2.43. The van der Waals surface area contributed by atoms with Crippen molar-refractivity contribution < 1.29 is 29.1 Å². The van der Waals surface area contributed by atoms with Crippen LogP contribution >= 0.6 is 23.1 Å². The summed E-state index contributed by atoms with van der Waals surface area (Å²) in [6.07, 6.45) is 9.44. The molecule has 2 amide bonds. The molecule has 3 atom stereocenters. The molecule has 4 fully saturated rings. The Hall–Kier alpha value is -6.06. The van der Waals surface area contributed by atoms with Gasteiger partial charge in [-0.05, 0) is 91.3 Å². The first-order valence-corrected chi connectivity index (χ1v) is 27.8. The molecule has 8 heterocycles. The lowest BCUT2D eigenvalue weighted by Crippen LogP contribution is -2.66. The highest BCUT2D eigenvalue weighted by Gasteiger charge is 2.45. The largest absolute Gasteiger partial charge is 0.494 e. The number of carbonyl (C=O) groups excluding carboxylic acids is 2. The lowest BCUT2D eigenvalue weighted by atomic mass is 9.95. The summed E-state index contributed by atoms with van der Waals surface area (Å²) in [6, 6.07) is 13.6. The normalized spacial score (nSPS) is 21.6. The van der Waals surface area contributed by atoms with Crippen LogP contribution in [-0.2, 0) is 11.6 Å². The number of nitrogens with one attached hydrogen (secondary N) is 3. The molecule has 0 aliphatic carbocycles. The Bertz CT molecular complexity index is 3110. The van der Waals surface area contributed by atoms with Gasteiger partial charge in [-0.1, -0.05) is 0 Å². The zero-order valence-electron chi connectivity index (χ0n) is 40.6. The number of ether oxygens (including phenoxy) is 1. The first kappa shape index (κ1) is 48.2. The number of likely N-dealkylation sites (tertiary alicyclic amines) is 1. The molecular formula is C50H58BrN14O6P. The molecule has 3 aromatic heterocycles. The molecule has 22 heteroatoms. The molecule has 0 saturated carbocycles. The van der Waals surface area contributed by atoms with Crippen LogP contribution in [0.1, 0.15) is 46.4 Å². The maximum Gasteiger partial charge on any atom is 0.262 e. The third-order valence-electron chi connectivity index (χ3n) is 14.8. The van der Waals surface area contributed by atoms with Crippen molar-refractivity contribution in [2.24, 2.45) is 7.05 Å². The van der Waals surface area contributed by atoms with Crippen LogP contribution < -0.4 is 35.8 Å².